The fraction of sp³-hybridized carbons (Fsp3) is 0.727. The van der Waals surface area contributed by atoms with Crippen molar-refractivity contribution in [3.63, 3.8) is 0 Å². The molecule has 1 aliphatic rings. The molecule has 1 aromatic heterocycles. The van der Waals surface area contributed by atoms with Gasteiger partial charge < -0.3 is 5.73 Å². The summed E-state index contributed by atoms with van der Waals surface area (Å²) in [5.74, 6) is 0. The van der Waals surface area contributed by atoms with Crippen LogP contribution in [0, 0.1) is 19.3 Å². The van der Waals surface area contributed by atoms with Crippen LogP contribution in [0.25, 0.3) is 0 Å². The Morgan fingerprint density at radius 3 is 2.50 bits per heavy atom. The molecule has 0 spiro atoms. The maximum atomic E-state index is 5.84. The molecular weight excluding hydrogens is 192 g/mol. The average Bonchev–Trinajstić information content (AvgIpc) is 2.39. The van der Waals surface area contributed by atoms with Crippen molar-refractivity contribution < 1.29 is 0 Å². The van der Waals surface area contributed by atoms with Gasteiger partial charge >= 0.3 is 0 Å². The molecule has 3 heteroatoms. The Balaban J connectivity index is 2.09. The number of aromatic nitrogens is 1. The third-order valence-electron chi connectivity index (χ3n) is 3.45. The lowest BCUT2D eigenvalue weighted by Crippen LogP contribution is -2.39. The quantitative estimate of drug-likeness (QED) is 0.832. The molecule has 0 radical (unpaired) electrons. The summed E-state index contributed by atoms with van der Waals surface area (Å²) in [6.07, 6.45) is 5.03. The van der Waals surface area contributed by atoms with Crippen LogP contribution in [-0.2, 0) is 6.42 Å². The monoisotopic (exact) mass is 210 g/mol. The van der Waals surface area contributed by atoms with Gasteiger partial charge in [-0.15, -0.1) is 11.3 Å². The van der Waals surface area contributed by atoms with Gasteiger partial charge in [0.15, 0.2) is 0 Å². The van der Waals surface area contributed by atoms with Crippen LogP contribution in [0.15, 0.2) is 0 Å². The van der Waals surface area contributed by atoms with Crippen molar-refractivity contribution in [2.24, 2.45) is 11.1 Å². The van der Waals surface area contributed by atoms with Crippen molar-refractivity contribution >= 4 is 11.3 Å². The van der Waals surface area contributed by atoms with E-state index in [1.54, 1.807) is 0 Å². The number of nitrogens with zero attached hydrogens (tertiary/aromatic N) is 1. The van der Waals surface area contributed by atoms with Crippen molar-refractivity contribution in [2.75, 3.05) is 6.54 Å². The Morgan fingerprint density at radius 2 is 2.14 bits per heavy atom. The predicted molar refractivity (Wildman–Crippen MR) is 60.6 cm³/mol. The van der Waals surface area contributed by atoms with E-state index < -0.39 is 0 Å². The summed E-state index contributed by atoms with van der Waals surface area (Å²) in [5, 5.41) is 1.28. The zero-order valence-corrected chi connectivity index (χ0v) is 9.78. The van der Waals surface area contributed by atoms with Crippen molar-refractivity contribution in [1.82, 2.24) is 4.98 Å². The van der Waals surface area contributed by atoms with E-state index in [0.29, 0.717) is 5.41 Å². The van der Waals surface area contributed by atoms with Crippen LogP contribution in [0.4, 0.5) is 0 Å². The molecular formula is C11H18N2S. The second-order valence-electron chi connectivity index (χ2n) is 4.48. The first-order valence-corrected chi connectivity index (χ1v) is 6.10. The van der Waals surface area contributed by atoms with Gasteiger partial charge in [-0.2, -0.15) is 0 Å². The summed E-state index contributed by atoms with van der Waals surface area (Å²) in [6, 6.07) is 0. The normalized spacial score (nSPS) is 19.4. The number of rotatable bonds is 3. The van der Waals surface area contributed by atoms with Gasteiger partial charge in [0.25, 0.3) is 0 Å². The van der Waals surface area contributed by atoms with Gasteiger partial charge in [-0.05, 0) is 38.6 Å². The van der Waals surface area contributed by atoms with Gasteiger partial charge in [-0.3, -0.25) is 0 Å². The Bertz CT molecular complexity index is 301. The molecule has 0 bridgehead atoms. The summed E-state index contributed by atoms with van der Waals surface area (Å²) in [5.41, 5.74) is 7.43. The summed E-state index contributed by atoms with van der Waals surface area (Å²) in [4.78, 5) is 5.94. The third-order valence-corrected chi connectivity index (χ3v) is 4.52. The minimum absolute atomic E-state index is 0.400. The van der Waals surface area contributed by atoms with Gasteiger partial charge in [0.05, 0.1) is 10.7 Å². The third kappa shape index (κ3) is 1.71. The maximum absolute atomic E-state index is 5.84. The summed E-state index contributed by atoms with van der Waals surface area (Å²) in [7, 11) is 0. The summed E-state index contributed by atoms with van der Waals surface area (Å²) in [6.45, 7) is 5.06. The SMILES string of the molecule is Cc1nc(CC2(CN)CCC2)sc1C. The zero-order chi connectivity index (χ0) is 10.2. The minimum Gasteiger partial charge on any atom is -0.330 e. The Morgan fingerprint density at radius 1 is 1.43 bits per heavy atom. The molecule has 2 nitrogen and oxygen atoms in total. The highest BCUT2D eigenvalue weighted by atomic mass is 32.1. The topological polar surface area (TPSA) is 38.9 Å². The van der Waals surface area contributed by atoms with Crippen LogP contribution in [0.5, 0.6) is 0 Å². The lowest BCUT2D eigenvalue weighted by atomic mass is 9.67. The highest BCUT2D eigenvalue weighted by Crippen LogP contribution is 2.43. The zero-order valence-electron chi connectivity index (χ0n) is 8.97. The Kier molecular flexibility index (Phi) is 2.62. The smallest absolute Gasteiger partial charge is 0.0936 e. The van der Waals surface area contributed by atoms with Crippen LogP contribution >= 0.6 is 11.3 Å². The van der Waals surface area contributed by atoms with E-state index in [9.17, 15) is 0 Å². The van der Waals surface area contributed by atoms with E-state index in [-0.39, 0.29) is 0 Å². The maximum Gasteiger partial charge on any atom is 0.0936 e. The van der Waals surface area contributed by atoms with E-state index in [4.69, 9.17) is 5.73 Å². The second kappa shape index (κ2) is 3.63. The molecule has 2 N–H and O–H groups in total. The van der Waals surface area contributed by atoms with Crippen LogP contribution < -0.4 is 5.73 Å². The largest absolute Gasteiger partial charge is 0.330 e. The molecule has 0 aromatic carbocycles. The van der Waals surface area contributed by atoms with Gasteiger partial charge in [0.1, 0.15) is 0 Å². The van der Waals surface area contributed by atoms with Gasteiger partial charge in [0, 0.05) is 11.3 Å². The Hall–Kier alpha value is -0.410. The number of aryl methyl sites for hydroxylation is 2. The molecule has 78 valence electrons. The molecule has 0 saturated heterocycles. The summed E-state index contributed by atoms with van der Waals surface area (Å²) >= 11 is 1.84. The fourth-order valence-electron chi connectivity index (χ4n) is 2.07. The van der Waals surface area contributed by atoms with E-state index in [0.717, 1.165) is 13.0 Å². The molecule has 1 aromatic rings. The van der Waals surface area contributed by atoms with E-state index in [1.165, 1.54) is 34.8 Å². The molecule has 1 heterocycles. The van der Waals surface area contributed by atoms with Crippen LogP contribution in [0.2, 0.25) is 0 Å². The van der Waals surface area contributed by atoms with E-state index >= 15 is 0 Å². The van der Waals surface area contributed by atoms with E-state index in [2.05, 4.69) is 18.8 Å². The van der Waals surface area contributed by atoms with Crippen LogP contribution in [-0.4, -0.2) is 11.5 Å². The molecule has 0 aliphatic heterocycles. The first-order valence-electron chi connectivity index (χ1n) is 5.28. The summed E-state index contributed by atoms with van der Waals surface area (Å²) < 4.78 is 0. The van der Waals surface area contributed by atoms with Crippen LogP contribution in [0.1, 0.15) is 34.8 Å². The van der Waals surface area contributed by atoms with Gasteiger partial charge in [-0.1, -0.05) is 6.42 Å². The fourth-order valence-corrected chi connectivity index (χ4v) is 3.17. The standard InChI is InChI=1S/C11H18N2S/c1-8-9(2)14-10(13-8)6-11(7-12)4-3-5-11/h3-7,12H2,1-2H3. The highest BCUT2D eigenvalue weighted by molar-refractivity contribution is 7.11. The lowest BCUT2D eigenvalue weighted by molar-refractivity contribution is 0.144. The van der Waals surface area contributed by atoms with E-state index in [1.807, 2.05) is 11.3 Å². The minimum atomic E-state index is 0.400. The van der Waals surface area contributed by atoms with Gasteiger partial charge in [0.2, 0.25) is 0 Å². The number of nitrogens with two attached hydrogens (primary N) is 1. The van der Waals surface area contributed by atoms with Crippen molar-refractivity contribution in [2.45, 2.75) is 39.5 Å². The second-order valence-corrected chi connectivity index (χ2v) is 5.77. The first kappa shape index (κ1) is 10.1. The lowest BCUT2D eigenvalue weighted by Gasteiger charge is -2.40. The molecule has 2 rings (SSSR count). The van der Waals surface area contributed by atoms with Crippen molar-refractivity contribution in [1.29, 1.82) is 0 Å². The highest BCUT2D eigenvalue weighted by Gasteiger charge is 2.36. The molecule has 14 heavy (non-hydrogen) atoms. The van der Waals surface area contributed by atoms with Crippen LogP contribution in [0.3, 0.4) is 0 Å². The predicted octanol–water partition coefficient (Wildman–Crippen LogP) is 2.43. The Labute approximate surface area is 89.5 Å². The molecule has 0 unspecified atom stereocenters. The van der Waals surface area contributed by atoms with Crippen molar-refractivity contribution in [3.05, 3.63) is 15.6 Å². The average molecular weight is 210 g/mol. The number of hydrogen-bond donors (Lipinski definition) is 1. The molecule has 1 fully saturated rings. The molecule has 0 atom stereocenters. The van der Waals surface area contributed by atoms with Crippen molar-refractivity contribution in [3.8, 4) is 0 Å². The molecule has 1 saturated carbocycles. The number of hydrogen-bond acceptors (Lipinski definition) is 3. The van der Waals surface area contributed by atoms with Gasteiger partial charge in [-0.25, -0.2) is 4.98 Å². The first-order chi connectivity index (χ1) is 6.65. The molecule has 1 aliphatic carbocycles. The number of thiazole rings is 1. The molecule has 0 amide bonds.